The van der Waals surface area contributed by atoms with Gasteiger partial charge in [-0.3, -0.25) is 0 Å². The lowest BCUT2D eigenvalue weighted by molar-refractivity contribution is 0.178. The van der Waals surface area contributed by atoms with Crippen molar-refractivity contribution in [1.29, 1.82) is 0 Å². The minimum absolute atomic E-state index is 0.359. The average molecular weight is 299 g/mol. The van der Waals surface area contributed by atoms with Crippen LogP contribution < -0.4 is 4.74 Å². The van der Waals surface area contributed by atoms with Crippen LogP contribution >= 0.6 is 10.7 Å². The molecule has 0 aliphatic heterocycles. The van der Waals surface area contributed by atoms with E-state index < -0.39 is 31.3 Å². The molecule has 0 atom stereocenters. The van der Waals surface area contributed by atoms with Gasteiger partial charge in [0, 0.05) is 16.7 Å². The molecule has 0 saturated heterocycles. The quantitative estimate of drug-likeness (QED) is 0.782. The molecule has 18 heavy (non-hydrogen) atoms. The molecule has 0 aromatic heterocycles. The van der Waals surface area contributed by atoms with Gasteiger partial charge in [0.15, 0.2) is 11.6 Å². The lowest BCUT2D eigenvalue weighted by Gasteiger charge is -2.18. The molecular formula is C11H13ClF2O3S. The highest BCUT2D eigenvalue weighted by atomic mass is 35.7. The first-order chi connectivity index (χ1) is 8.29. The van der Waals surface area contributed by atoms with Crippen molar-refractivity contribution in [2.75, 3.05) is 0 Å². The van der Waals surface area contributed by atoms with Gasteiger partial charge >= 0.3 is 0 Å². The van der Waals surface area contributed by atoms with E-state index in [1.54, 1.807) is 0 Å². The Morgan fingerprint density at radius 3 is 2.28 bits per heavy atom. The van der Waals surface area contributed by atoms with Crippen molar-refractivity contribution in [2.45, 2.75) is 37.7 Å². The number of benzene rings is 1. The van der Waals surface area contributed by atoms with E-state index in [2.05, 4.69) is 0 Å². The third kappa shape index (κ3) is 3.55. The van der Waals surface area contributed by atoms with Crippen molar-refractivity contribution in [3.05, 3.63) is 23.8 Å². The predicted molar refractivity (Wildman–Crippen MR) is 64.4 cm³/mol. The van der Waals surface area contributed by atoms with E-state index in [4.69, 9.17) is 15.4 Å². The molecule has 0 heterocycles. The van der Waals surface area contributed by atoms with Crippen LogP contribution in [-0.4, -0.2) is 14.5 Å². The van der Waals surface area contributed by atoms with Gasteiger partial charge in [0.1, 0.15) is 10.7 Å². The zero-order chi connectivity index (χ0) is 13.9. The maximum atomic E-state index is 13.6. The van der Waals surface area contributed by atoms with Crippen molar-refractivity contribution in [3.8, 4) is 5.75 Å². The summed E-state index contributed by atoms with van der Waals surface area (Å²) >= 11 is 0. The van der Waals surface area contributed by atoms with Crippen LogP contribution in [0.25, 0.3) is 0 Å². The number of rotatable bonds is 5. The van der Waals surface area contributed by atoms with Gasteiger partial charge in [-0.2, -0.15) is 0 Å². The topological polar surface area (TPSA) is 43.4 Å². The maximum Gasteiger partial charge on any atom is 0.265 e. The predicted octanol–water partition coefficient (Wildman–Crippen LogP) is 3.46. The molecule has 0 bridgehead atoms. The van der Waals surface area contributed by atoms with Crippen LogP contribution in [0.2, 0.25) is 0 Å². The van der Waals surface area contributed by atoms with Gasteiger partial charge in [-0.1, -0.05) is 13.8 Å². The van der Waals surface area contributed by atoms with Gasteiger partial charge < -0.3 is 4.74 Å². The Morgan fingerprint density at radius 2 is 1.83 bits per heavy atom. The number of ether oxygens (including phenoxy) is 1. The Hall–Kier alpha value is -0.880. The van der Waals surface area contributed by atoms with Gasteiger partial charge in [-0.05, 0) is 18.9 Å². The first-order valence-corrected chi connectivity index (χ1v) is 7.70. The summed E-state index contributed by atoms with van der Waals surface area (Å²) in [5.41, 5.74) is 0. The number of hydrogen-bond donors (Lipinski definition) is 0. The van der Waals surface area contributed by atoms with Crippen molar-refractivity contribution in [2.24, 2.45) is 0 Å². The Balaban J connectivity index is 3.33. The van der Waals surface area contributed by atoms with Gasteiger partial charge in [0.2, 0.25) is 0 Å². The molecule has 0 spiro atoms. The molecule has 0 aliphatic carbocycles. The highest BCUT2D eigenvalue weighted by molar-refractivity contribution is 8.13. The van der Waals surface area contributed by atoms with Crippen LogP contribution in [0.3, 0.4) is 0 Å². The first-order valence-electron chi connectivity index (χ1n) is 5.39. The van der Waals surface area contributed by atoms with E-state index in [1.165, 1.54) is 0 Å². The Morgan fingerprint density at radius 1 is 1.28 bits per heavy atom. The standard InChI is InChI=1S/C11H13ClF2O3S/c1-3-8(4-2)17-11-9(14)5-7(13)6-10(11)18(12,15)16/h5-6,8H,3-4H2,1-2H3. The third-order valence-corrected chi connectivity index (χ3v) is 3.76. The number of halogens is 3. The Labute approximate surface area is 109 Å². The maximum absolute atomic E-state index is 13.6. The summed E-state index contributed by atoms with van der Waals surface area (Å²) in [6.45, 7) is 3.62. The number of hydrogen-bond acceptors (Lipinski definition) is 3. The smallest absolute Gasteiger partial charge is 0.265 e. The summed E-state index contributed by atoms with van der Waals surface area (Å²) < 4.78 is 54.4. The highest BCUT2D eigenvalue weighted by Gasteiger charge is 2.24. The van der Waals surface area contributed by atoms with Gasteiger partial charge in [-0.25, -0.2) is 17.2 Å². The highest BCUT2D eigenvalue weighted by Crippen LogP contribution is 2.32. The van der Waals surface area contributed by atoms with E-state index in [1.807, 2.05) is 13.8 Å². The lowest BCUT2D eigenvalue weighted by atomic mass is 10.2. The van der Waals surface area contributed by atoms with Crippen LogP contribution in [-0.2, 0) is 9.05 Å². The molecule has 1 aromatic rings. The molecule has 7 heteroatoms. The fraction of sp³-hybridized carbons (Fsp3) is 0.455. The zero-order valence-electron chi connectivity index (χ0n) is 9.91. The van der Waals surface area contributed by atoms with Gasteiger partial charge in [-0.15, -0.1) is 0 Å². The van der Waals surface area contributed by atoms with E-state index in [0.29, 0.717) is 25.0 Å². The second-order valence-electron chi connectivity index (χ2n) is 3.71. The summed E-state index contributed by atoms with van der Waals surface area (Å²) in [6.07, 6.45) is 0.770. The molecular weight excluding hydrogens is 286 g/mol. The molecule has 0 radical (unpaired) electrons. The van der Waals surface area contributed by atoms with Crippen LogP contribution in [0.4, 0.5) is 8.78 Å². The van der Waals surface area contributed by atoms with E-state index in [0.717, 1.165) is 0 Å². The van der Waals surface area contributed by atoms with E-state index in [9.17, 15) is 17.2 Å². The van der Waals surface area contributed by atoms with Crippen LogP contribution in [0.15, 0.2) is 17.0 Å². The van der Waals surface area contributed by atoms with Crippen molar-refractivity contribution < 1.29 is 21.9 Å². The van der Waals surface area contributed by atoms with Gasteiger partial charge in [0.25, 0.3) is 9.05 Å². The van der Waals surface area contributed by atoms with Crippen molar-refractivity contribution in [3.63, 3.8) is 0 Å². The van der Waals surface area contributed by atoms with Crippen LogP contribution in [0.1, 0.15) is 26.7 Å². The second kappa shape index (κ2) is 5.84. The molecule has 0 aliphatic rings. The minimum atomic E-state index is -4.27. The summed E-state index contributed by atoms with van der Waals surface area (Å²) in [6, 6.07) is 1.20. The normalized spacial score (nSPS) is 11.9. The second-order valence-corrected chi connectivity index (χ2v) is 6.24. The monoisotopic (exact) mass is 298 g/mol. The third-order valence-electron chi connectivity index (χ3n) is 2.43. The molecule has 0 unspecified atom stereocenters. The molecule has 0 amide bonds. The summed E-state index contributed by atoms with van der Waals surface area (Å²) in [5, 5.41) is 0. The van der Waals surface area contributed by atoms with Crippen molar-refractivity contribution >= 4 is 19.7 Å². The fourth-order valence-electron chi connectivity index (χ4n) is 1.45. The van der Waals surface area contributed by atoms with Crippen molar-refractivity contribution in [1.82, 2.24) is 0 Å². The molecule has 1 rings (SSSR count). The van der Waals surface area contributed by atoms with Gasteiger partial charge in [0.05, 0.1) is 6.10 Å². The Bertz CT molecular complexity index is 527. The minimum Gasteiger partial charge on any atom is -0.486 e. The zero-order valence-corrected chi connectivity index (χ0v) is 11.5. The van der Waals surface area contributed by atoms with Crippen LogP contribution in [0, 0.1) is 11.6 Å². The van der Waals surface area contributed by atoms with E-state index >= 15 is 0 Å². The van der Waals surface area contributed by atoms with E-state index in [-0.39, 0.29) is 6.10 Å². The SMILES string of the molecule is CCC(CC)Oc1c(F)cc(F)cc1S(=O)(=O)Cl. The molecule has 1 aromatic carbocycles. The molecule has 0 N–H and O–H groups in total. The molecule has 3 nitrogen and oxygen atoms in total. The average Bonchev–Trinajstić information content (AvgIpc) is 2.26. The molecule has 102 valence electrons. The Kier molecular flexibility index (Phi) is 4.92. The summed E-state index contributed by atoms with van der Waals surface area (Å²) in [7, 11) is 0.863. The van der Waals surface area contributed by atoms with Crippen LogP contribution in [0.5, 0.6) is 5.75 Å². The summed E-state index contributed by atoms with van der Waals surface area (Å²) in [4.78, 5) is -0.687. The molecule has 0 saturated carbocycles. The molecule has 0 fully saturated rings. The lowest BCUT2D eigenvalue weighted by Crippen LogP contribution is -2.16. The fourth-order valence-corrected chi connectivity index (χ4v) is 2.42. The largest absolute Gasteiger partial charge is 0.486 e. The first kappa shape index (κ1) is 15.2. The summed E-state index contributed by atoms with van der Waals surface area (Å²) in [5.74, 6) is -2.63.